The molecule has 2 aliphatic rings. The van der Waals surface area contributed by atoms with Gasteiger partial charge in [0.25, 0.3) is 0 Å². The summed E-state index contributed by atoms with van der Waals surface area (Å²) in [5.41, 5.74) is 2.87. The lowest BCUT2D eigenvalue weighted by Crippen LogP contribution is -2.34. The summed E-state index contributed by atoms with van der Waals surface area (Å²) in [6, 6.07) is 13.1. The van der Waals surface area contributed by atoms with Crippen LogP contribution < -0.4 is 0 Å². The normalized spacial score (nSPS) is 24.9. The molecule has 0 amide bonds. The summed E-state index contributed by atoms with van der Waals surface area (Å²) in [5, 5.41) is 0. The second kappa shape index (κ2) is 8.01. The van der Waals surface area contributed by atoms with Gasteiger partial charge in [-0.15, -0.1) is 0 Å². The fourth-order valence-electron chi connectivity index (χ4n) is 5.29. The zero-order valence-corrected chi connectivity index (χ0v) is 17.8. The molecule has 2 fully saturated rings. The highest BCUT2D eigenvalue weighted by molar-refractivity contribution is 7.05. The number of likely N-dealkylation sites (tertiary alicyclic amines) is 2. The maximum Gasteiger partial charge on any atom is 0.191 e. The van der Waals surface area contributed by atoms with E-state index < -0.39 is 0 Å². The molecule has 0 N–H and O–H groups in total. The van der Waals surface area contributed by atoms with E-state index >= 15 is 0 Å². The minimum atomic E-state index is 0.360. The van der Waals surface area contributed by atoms with E-state index in [0.29, 0.717) is 11.3 Å². The maximum atomic E-state index is 5.42. The van der Waals surface area contributed by atoms with Crippen molar-refractivity contribution in [2.24, 2.45) is 11.3 Å². The average Bonchev–Trinajstić information content (AvgIpc) is 3.47. The third-order valence-corrected chi connectivity index (χ3v) is 7.30. The molecule has 2 aromatic heterocycles. The largest absolute Gasteiger partial charge is 0.449 e. The first kappa shape index (κ1) is 19.0. The highest BCUT2D eigenvalue weighted by atomic mass is 32.1. The lowest BCUT2D eigenvalue weighted by Gasteiger charge is -2.29. The van der Waals surface area contributed by atoms with E-state index in [1.165, 1.54) is 30.0 Å². The summed E-state index contributed by atoms with van der Waals surface area (Å²) < 4.78 is 9.71. The van der Waals surface area contributed by atoms with E-state index in [0.717, 1.165) is 44.2 Å². The first-order valence-corrected chi connectivity index (χ1v) is 11.3. The van der Waals surface area contributed by atoms with Crippen molar-refractivity contribution in [3.05, 3.63) is 70.9 Å². The van der Waals surface area contributed by atoms with Crippen molar-refractivity contribution in [3.63, 3.8) is 0 Å². The molecule has 5 nitrogen and oxygen atoms in total. The number of hydrogen-bond acceptors (Lipinski definition) is 6. The molecule has 2 aliphatic heterocycles. The Kier molecular flexibility index (Phi) is 5.24. The molecule has 0 saturated carbocycles. The molecule has 0 bridgehead atoms. The molecule has 1 aromatic carbocycles. The molecule has 2 atom stereocenters. The van der Waals surface area contributed by atoms with Crippen LogP contribution in [0, 0.1) is 18.3 Å². The Hall–Kier alpha value is -2.02. The maximum absolute atomic E-state index is 5.42. The number of oxazole rings is 1. The lowest BCUT2D eigenvalue weighted by molar-refractivity contribution is 0.195. The van der Waals surface area contributed by atoms with Gasteiger partial charge in [-0.1, -0.05) is 30.3 Å². The Morgan fingerprint density at radius 1 is 1.10 bits per heavy atom. The van der Waals surface area contributed by atoms with E-state index in [4.69, 9.17) is 4.42 Å². The summed E-state index contributed by atoms with van der Waals surface area (Å²) in [7, 11) is 0. The zero-order valence-electron chi connectivity index (χ0n) is 17.0. The molecule has 5 rings (SSSR count). The van der Waals surface area contributed by atoms with Crippen molar-refractivity contribution in [2.75, 3.05) is 26.2 Å². The number of rotatable bonds is 7. The molecule has 6 heteroatoms. The van der Waals surface area contributed by atoms with Gasteiger partial charge in [-0.2, -0.15) is 0 Å². The van der Waals surface area contributed by atoms with Gasteiger partial charge < -0.3 is 4.42 Å². The second-order valence-corrected chi connectivity index (χ2v) is 9.64. The highest BCUT2D eigenvalue weighted by Crippen LogP contribution is 2.46. The van der Waals surface area contributed by atoms with Crippen molar-refractivity contribution in [3.8, 4) is 0 Å². The SMILES string of the molecule is Cc1nc(CN2CC3CN(Cc4ccns4)CC3(CCc3ccccc3)C2)co1. The number of nitrogens with zero attached hydrogens (tertiary/aromatic N) is 4. The number of benzene rings is 1. The molecule has 0 radical (unpaired) electrons. The molecule has 0 spiro atoms. The number of aromatic nitrogens is 2. The van der Waals surface area contributed by atoms with E-state index in [2.05, 4.69) is 55.6 Å². The standard InChI is InChI=1S/C23H28N4OS/c1-18-25-21(15-28-18)13-26-11-20-12-27(14-22-8-10-24-29-22)17-23(20,16-26)9-7-19-5-3-2-4-6-19/h2-6,8,10,15,20H,7,9,11-14,16-17H2,1H3. The fraction of sp³-hybridized carbons (Fsp3) is 0.478. The van der Waals surface area contributed by atoms with Crippen LogP contribution in [-0.4, -0.2) is 45.3 Å². The topological polar surface area (TPSA) is 45.4 Å². The summed E-state index contributed by atoms with van der Waals surface area (Å²) in [5.74, 6) is 1.47. The summed E-state index contributed by atoms with van der Waals surface area (Å²) in [4.78, 5) is 11.1. The number of hydrogen-bond donors (Lipinski definition) is 0. The van der Waals surface area contributed by atoms with Crippen molar-refractivity contribution < 1.29 is 4.42 Å². The molecular weight excluding hydrogens is 380 g/mol. The minimum absolute atomic E-state index is 0.360. The van der Waals surface area contributed by atoms with E-state index in [9.17, 15) is 0 Å². The van der Waals surface area contributed by atoms with Gasteiger partial charge in [0.15, 0.2) is 5.89 Å². The number of aryl methyl sites for hydroxylation is 2. The van der Waals surface area contributed by atoms with Gasteiger partial charge in [-0.05, 0) is 41.9 Å². The second-order valence-electron chi connectivity index (χ2n) is 8.72. The van der Waals surface area contributed by atoms with Crippen molar-refractivity contribution in [1.29, 1.82) is 0 Å². The Bertz CT molecular complexity index is 926. The van der Waals surface area contributed by atoms with Gasteiger partial charge in [0.2, 0.25) is 0 Å². The monoisotopic (exact) mass is 408 g/mol. The van der Waals surface area contributed by atoms with E-state index in [1.54, 1.807) is 11.5 Å². The lowest BCUT2D eigenvalue weighted by atomic mass is 9.76. The zero-order chi connectivity index (χ0) is 19.7. The van der Waals surface area contributed by atoms with E-state index in [1.807, 2.05) is 19.4 Å². The van der Waals surface area contributed by atoms with Gasteiger partial charge >= 0.3 is 0 Å². The first-order valence-electron chi connectivity index (χ1n) is 10.5. The molecule has 0 aliphatic carbocycles. The third kappa shape index (κ3) is 4.15. The Morgan fingerprint density at radius 3 is 2.59 bits per heavy atom. The smallest absolute Gasteiger partial charge is 0.191 e. The quantitative estimate of drug-likeness (QED) is 0.591. The molecule has 2 unspecified atom stereocenters. The van der Waals surface area contributed by atoms with Gasteiger partial charge in [0, 0.05) is 62.7 Å². The van der Waals surface area contributed by atoms with Crippen LogP contribution in [0.5, 0.6) is 0 Å². The molecule has 152 valence electrons. The van der Waals surface area contributed by atoms with E-state index in [-0.39, 0.29) is 0 Å². The van der Waals surface area contributed by atoms with Crippen molar-refractivity contribution >= 4 is 11.5 Å². The third-order valence-electron chi connectivity index (χ3n) is 6.58. The van der Waals surface area contributed by atoms with Crippen LogP contribution in [0.2, 0.25) is 0 Å². The summed E-state index contributed by atoms with van der Waals surface area (Å²) >= 11 is 1.63. The molecular formula is C23H28N4OS. The Morgan fingerprint density at radius 2 is 1.90 bits per heavy atom. The summed E-state index contributed by atoms with van der Waals surface area (Å²) in [6.07, 6.45) is 6.14. The molecule has 2 saturated heterocycles. The van der Waals surface area contributed by atoms with Crippen LogP contribution in [0.3, 0.4) is 0 Å². The van der Waals surface area contributed by atoms with Gasteiger partial charge in [0.05, 0.1) is 5.69 Å². The fourth-order valence-corrected chi connectivity index (χ4v) is 5.91. The van der Waals surface area contributed by atoms with Gasteiger partial charge in [-0.25, -0.2) is 9.36 Å². The van der Waals surface area contributed by atoms with Crippen LogP contribution in [0.25, 0.3) is 0 Å². The van der Waals surface area contributed by atoms with Crippen LogP contribution in [-0.2, 0) is 19.5 Å². The van der Waals surface area contributed by atoms with Crippen LogP contribution >= 0.6 is 11.5 Å². The Labute approximate surface area is 176 Å². The van der Waals surface area contributed by atoms with Crippen LogP contribution in [0.15, 0.2) is 53.3 Å². The molecule has 3 aromatic rings. The number of fused-ring (bicyclic) bond motifs is 1. The molecule has 29 heavy (non-hydrogen) atoms. The summed E-state index contributed by atoms with van der Waals surface area (Å²) in [6.45, 7) is 8.51. The predicted molar refractivity (Wildman–Crippen MR) is 115 cm³/mol. The van der Waals surface area contributed by atoms with Crippen molar-refractivity contribution in [1.82, 2.24) is 19.2 Å². The van der Waals surface area contributed by atoms with Gasteiger partial charge in [0.1, 0.15) is 6.26 Å². The Balaban J connectivity index is 1.30. The molecule has 4 heterocycles. The average molecular weight is 409 g/mol. The van der Waals surface area contributed by atoms with Crippen LogP contribution in [0.4, 0.5) is 0 Å². The highest BCUT2D eigenvalue weighted by Gasteiger charge is 2.51. The van der Waals surface area contributed by atoms with Crippen molar-refractivity contribution in [2.45, 2.75) is 32.9 Å². The minimum Gasteiger partial charge on any atom is -0.449 e. The predicted octanol–water partition coefficient (Wildman–Crippen LogP) is 4.01. The van der Waals surface area contributed by atoms with Crippen LogP contribution in [0.1, 0.15) is 28.4 Å². The first-order chi connectivity index (χ1) is 14.2. The van der Waals surface area contributed by atoms with Gasteiger partial charge in [-0.3, -0.25) is 9.80 Å².